The summed E-state index contributed by atoms with van der Waals surface area (Å²) in [5.74, 6) is 1.50. The molecule has 6 heteroatoms. The molecule has 1 fully saturated rings. The lowest BCUT2D eigenvalue weighted by Gasteiger charge is -2.33. The van der Waals surface area contributed by atoms with Crippen LogP contribution in [0.3, 0.4) is 0 Å². The number of fused-ring (bicyclic) bond motifs is 1. The summed E-state index contributed by atoms with van der Waals surface area (Å²) in [5.41, 5.74) is 2.04. The number of rotatable bonds is 5. The standard InChI is InChI=1S/C20H23N5O/c1-26-19-16(12-15-6-2-3-8-18(15)24-19)13-23-17-7-4-11-25(14-17)20-21-9-5-10-22-20/h2-3,5-6,8-10,12,17,23H,4,7,11,13-14H2,1H3/t17-/m1/s1. The molecule has 0 bridgehead atoms. The van der Waals surface area contributed by atoms with Crippen LogP contribution in [0, 0.1) is 0 Å². The van der Waals surface area contributed by atoms with Gasteiger partial charge in [-0.2, -0.15) is 0 Å². The third-order valence-corrected chi connectivity index (χ3v) is 4.79. The van der Waals surface area contributed by atoms with Gasteiger partial charge in [0.1, 0.15) is 0 Å². The van der Waals surface area contributed by atoms with Gasteiger partial charge in [-0.05, 0) is 31.0 Å². The van der Waals surface area contributed by atoms with E-state index in [2.05, 4.69) is 37.3 Å². The minimum atomic E-state index is 0.392. The minimum absolute atomic E-state index is 0.392. The lowest BCUT2D eigenvalue weighted by Crippen LogP contribution is -2.46. The molecule has 1 aliphatic heterocycles. The Morgan fingerprint density at radius 3 is 2.88 bits per heavy atom. The number of nitrogens with zero attached hydrogens (tertiary/aromatic N) is 4. The second-order valence-electron chi connectivity index (χ2n) is 6.56. The van der Waals surface area contributed by atoms with E-state index in [4.69, 9.17) is 4.74 Å². The van der Waals surface area contributed by atoms with E-state index in [0.717, 1.165) is 54.9 Å². The van der Waals surface area contributed by atoms with Crippen LogP contribution in [0.2, 0.25) is 0 Å². The Kier molecular flexibility index (Phi) is 4.93. The Hall–Kier alpha value is -2.73. The fourth-order valence-electron chi connectivity index (χ4n) is 3.48. The average Bonchev–Trinajstić information content (AvgIpc) is 2.72. The van der Waals surface area contributed by atoms with Gasteiger partial charge in [0.25, 0.3) is 0 Å². The molecule has 0 radical (unpaired) electrons. The molecule has 0 amide bonds. The van der Waals surface area contributed by atoms with Crippen LogP contribution in [0.5, 0.6) is 5.88 Å². The van der Waals surface area contributed by atoms with Gasteiger partial charge in [-0.25, -0.2) is 15.0 Å². The number of nitrogens with one attached hydrogen (secondary N) is 1. The molecular weight excluding hydrogens is 326 g/mol. The van der Waals surface area contributed by atoms with E-state index in [1.165, 1.54) is 0 Å². The van der Waals surface area contributed by atoms with Crippen LogP contribution in [-0.4, -0.2) is 41.2 Å². The van der Waals surface area contributed by atoms with Crippen LogP contribution in [-0.2, 0) is 6.54 Å². The Morgan fingerprint density at radius 1 is 1.19 bits per heavy atom. The normalized spacial score (nSPS) is 17.4. The average molecular weight is 349 g/mol. The molecule has 3 heterocycles. The van der Waals surface area contributed by atoms with Crippen LogP contribution < -0.4 is 15.0 Å². The predicted octanol–water partition coefficient (Wildman–Crippen LogP) is 2.79. The maximum atomic E-state index is 5.50. The summed E-state index contributed by atoms with van der Waals surface area (Å²) in [6, 6.07) is 12.5. The van der Waals surface area contributed by atoms with Crippen molar-refractivity contribution in [3.05, 3.63) is 54.4 Å². The van der Waals surface area contributed by atoms with Crippen molar-refractivity contribution in [2.75, 3.05) is 25.1 Å². The number of para-hydroxylation sites is 1. The first-order valence-corrected chi connectivity index (χ1v) is 9.01. The zero-order valence-electron chi connectivity index (χ0n) is 14.9. The molecule has 0 saturated carbocycles. The van der Waals surface area contributed by atoms with Crippen molar-refractivity contribution in [2.24, 2.45) is 0 Å². The lowest BCUT2D eigenvalue weighted by molar-refractivity contribution is 0.382. The Balaban J connectivity index is 1.46. The van der Waals surface area contributed by atoms with Gasteiger partial charge >= 0.3 is 0 Å². The highest BCUT2D eigenvalue weighted by molar-refractivity contribution is 5.80. The summed E-state index contributed by atoms with van der Waals surface area (Å²) in [5, 5.41) is 4.79. The maximum Gasteiger partial charge on any atom is 0.225 e. The molecule has 3 aromatic rings. The van der Waals surface area contributed by atoms with Crippen LogP contribution in [0.1, 0.15) is 18.4 Å². The molecule has 26 heavy (non-hydrogen) atoms. The van der Waals surface area contributed by atoms with E-state index in [0.29, 0.717) is 11.9 Å². The summed E-state index contributed by atoms with van der Waals surface area (Å²) in [6.45, 7) is 2.64. The number of pyridine rings is 1. The SMILES string of the molecule is COc1nc2ccccc2cc1CN[C@@H]1CCCN(c2ncccn2)C1. The molecule has 1 N–H and O–H groups in total. The van der Waals surface area contributed by atoms with Gasteiger partial charge in [0.2, 0.25) is 11.8 Å². The van der Waals surface area contributed by atoms with Gasteiger partial charge in [-0.15, -0.1) is 0 Å². The van der Waals surface area contributed by atoms with Crippen molar-refractivity contribution in [2.45, 2.75) is 25.4 Å². The van der Waals surface area contributed by atoms with Gasteiger partial charge in [-0.3, -0.25) is 0 Å². The number of hydrogen-bond donors (Lipinski definition) is 1. The molecule has 2 aromatic heterocycles. The summed E-state index contributed by atoms with van der Waals surface area (Å²) in [6.07, 6.45) is 5.87. The van der Waals surface area contributed by atoms with Crippen molar-refractivity contribution < 1.29 is 4.74 Å². The van der Waals surface area contributed by atoms with Crippen molar-refractivity contribution in [1.82, 2.24) is 20.3 Å². The van der Waals surface area contributed by atoms with Crippen LogP contribution >= 0.6 is 0 Å². The highest BCUT2D eigenvalue weighted by Crippen LogP contribution is 2.23. The highest BCUT2D eigenvalue weighted by atomic mass is 16.5. The van der Waals surface area contributed by atoms with E-state index in [9.17, 15) is 0 Å². The molecule has 0 spiro atoms. The van der Waals surface area contributed by atoms with Gasteiger partial charge in [0, 0.05) is 49.0 Å². The van der Waals surface area contributed by atoms with Crippen molar-refractivity contribution >= 4 is 16.9 Å². The molecule has 1 atom stereocenters. The summed E-state index contributed by atoms with van der Waals surface area (Å²) >= 11 is 0. The van der Waals surface area contributed by atoms with Crippen molar-refractivity contribution in [3.8, 4) is 5.88 Å². The Morgan fingerprint density at radius 2 is 2.04 bits per heavy atom. The number of hydrogen-bond acceptors (Lipinski definition) is 6. The molecule has 1 aromatic carbocycles. The lowest BCUT2D eigenvalue weighted by atomic mass is 10.1. The summed E-state index contributed by atoms with van der Waals surface area (Å²) in [7, 11) is 1.68. The van der Waals surface area contributed by atoms with E-state index in [1.807, 2.05) is 24.3 Å². The number of ether oxygens (including phenoxy) is 1. The van der Waals surface area contributed by atoms with Crippen LogP contribution in [0.4, 0.5) is 5.95 Å². The Labute approximate surface area is 153 Å². The first-order chi connectivity index (χ1) is 12.8. The third-order valence-electron chi connectivity index (χ3n) is 4.79. The topological polar surface area (TPSA) is 63.2 Å². The van der Waals surface area contributed by atoms with Gasteiger partial charge in [0.05, 0.1) is 12.6 Å². The summed E-state index contributed by atoms with van der Waals surface area (Å²) in [4.78, 5) is 15.6. The monoisotopic (exact) mass is 349 g/mol. The number of piperidine rings is 1. The molecule has 4 rings (SSSR count). The van der Waals surface area contributed by atoms with Gasteiger partial charge in [0.15, 0.2) is 0 Å². The van der Waals surface area contributed by atoms with Crippen LogP contribution in [0.25, 0.3) is 10.9 Å². The second kappa shape index (κ2) is 7.66. The third kappa shape index (κ3) is 3.60. The van der Waals surface area contributed by atoms with E-state index in [1.54, 1.807) is 19.5 Å². The Bertz CT molecular complexity index is 870. The molecule has 6 nitrogen and oxygen atoms in total. The first-order valence-electron chi connectivity index (χ1n) is 9.01. The largest absolute Gasteiger partial charge is 0.481 e. The first kappa shape index (κ1) is 16.7. The second-order valence-corrected chi connectivity index (χ2v) is 6.56. The zero-order chi connectivity index (χ0) is 17.8. The molecule has 0 aliphatic carbocycles. The van der Waals surface area contributed by atoms with Crippen molar-refractivity contribution in [1.29, 1.82) is 0 Å². The fraction of sp³-hybridized carbons (Fsp3) is 0.350. The van der Waals surface area contributed by atoms with E-state index < -0.39 is 0 Å². The number of aromatic nitrogens is 3. The van der Waals surface area contributed by atoms with Crippen molar-refractivity contribution in [3.63, 3.8) is 0 Å². The number of methoxy groups -OCH3 is 1. The van der Waals surface area contributed by atoms with Gasteiger partial charge in [-0.1, -0.05) is 18.2 Å². The predicted molar refractivity (Wildman–Crippen MR) is 102 cm³/mol. The smallest absolute Gasteiger partial charge is 0.225 e. The number of benzene rings is 1. The number of anilines is 1. The van der Waals surface area contributed by atoms with E-state index in [-0.39, 0.29) is 0 Å². The molecule has 1 saturated heterocycles. The highest BCUT2D eigenvalue weighted by Gasteiger charge is 2.21. The molecule has 134 valence electrons. The molecule has 1 aliphatic rings. The molecular formula is C20H23N5O. The van der Waals surface area contributed by atoms with Crippen LogP contribution in [0.15, 0.2) is 48.8 Å². The van der Waals surface area contributed by atoms with E-state index >= 15 is 0 Å². The minimum Gasteiger partial charge on any atom is -0.481 e. The molecule has 0 unspecified atom stereocenters. The quantitative estimate of drug-likeness (QED) is 0.764. The fourth-order valence-corrected chi connectivity index (χ4v) is 3.48. The van der Waals surface area contributed by atoms with Gasteiger partial charge < -0.3 is 15.0 Å². The zero-order valence-corrected chi connectivity index (χ0v) is 14.9. The maximum absolute atomic E-state index is 5.50. The summed E-state index contributed by atoms with van der Waals surface area (Å²) < 4.78 is 5.50.